The number of nitrogens with two attached hydrogens (primary N) is 1. The fraction of sp³-hybridized carbons (Fsp3) is 0.438. The maximum Gasteiger partial charge on any atom is 0.0949 e. The molecule has 0 aliphatic rings. The zero-order chi connectivity index (χ0) is 15.1. The first-order valence-corrected chi connectivity index (χ1v) is 7.20. The molecule has 0 radical (unpaired) electrons. The van der Waals surface area contributed by atoms with Crippen molar-refractivity contribution in [2.45, 2.75) is 12.6 Å². The summed E-state index contributed by atoms with van der Waals surface area (Å²) in [5.74, 6) is 0. The molecule has 5 heteroatoms. The quantitative estimate of drug-likeness (QED) is 0.800. The number of benzene rings is 1. The molecular formula is C16H24N4O. The van der Waals surface area contributed by atoms with Crippen LogP contribution in [0.3, 0.4) is 0 Å². The van der Waals surface area contributed by atoms with Gasteiger partial charge in [0.1, 0.15) is 0 Å². The predicted octanol–water partition coefficient (Wildman–Crippen LogP) is 1.51. The number of methoxy groups -OCH3 is 1. The number of hydrogen-bond acceptors (Lipinski definition) is 4. The Kier molecular flexibility index (Phi) is 5.92. The van der Waals surface area contributed by atoms with Gasteiger partial charge in [0.15, 0.2) is 0 Å². The number of likely N-dealkylation sites (N-methyl/N-ethyl adjacent to an activating group) is 1. The lowest BCUT2D eigenvalue weighted by Crippen LogP contribution is -2.27. The Hall–Kier alpha value is -1.69. The third-order valence-corrected chi connectivity index (χ3v) is 3.62. The largest absolute Gasteiger partial charge is 0.383 e. The predicted molar refractivity (Wildman–Crippen MR) is 84.1 cm³/mol. The molecule has 1 unspecified atom stereocenters. The molecule has 0 fully saturated rings. The monoisotopic (exact) mass is 288 g/mol. The van der Waals surface area contributed by atoms with E-state index in [2.05, 4.69) is 21.5 Å². The Labute approximate surface area is 126 Å². The van der Waals surface area contributed by atoms with Gasteiger partial charge in [0.25, 0.3) is 0 Å². The van der Waals surface area contributed by atoms with Crippen LogP contribution >= 0.6 is 0 Å². The fourth-order valence-electron chi connectivity index (χ4n) is 2.25. The second kappa shape index (κ2) is 7.93. The zero-order valence-electron chi connectivity index (χ0n) is 12.8. The summed E-state index contributed by atoms with van der Waals surface area (Å²) in [4.78, 5) is 6.49. The topological polar surface area (TPSA) is 56.3 Å². The average Bonchev–Trinajstić information content (AvgIpc) is 2.99. The SMILES string of the molecule is COCCN(C)CCn1cncc1C(N)c1ccccc1. The summed E-state index contributed by atoms with van der Waals surface area (Å²) in [5, 5.41) is 0. The minimum atomic E-state index is -0.141. The smallest absolute Gasteiger partial charge is 0.0949 e. The third-order valence-electron chi connectivity index (χ3n) is 3.62. The van der Waals surface area contributed by atoms with Gasteiger partial charge in [0.2, 0.25) is 0 Å². The number of ether oxygens (including phenoxy) is 1. The summed E-state index contributed by atoms with van der Waals surface area (Å²) in [5.41, 5.74) is 8.50. The van der Waals surface area contributed by atoms with Crippen LogP contribution in [0.1, 0.15) is 17.3 Å². The highest BCUT2D eigenvalue weighted by Gasteiger charge is 2.13. The van der Waals surface area contributed by atoms with E-state index in [1.165, 1.54) is 0 Å². The zero-order valence-corrected chi connectivity index (χ0v) is 12.8. The Morgan fingerprint density at radius 3 is 2.76 bits per heavy atom. The molecule has 1 atom stereocenters. The third kappa shape index (κ3) is 4.39. The Morgan fingerprint density at radius 1 is 1.29 bits per heavy atom. The summed E-state index contributed by atoms with van der Waals surface area (Å²) in [6, 6.07) is 9.97. The first kappa shape index (κ1) is 15.7. The number of aromatic nitrogens is 2. The maximum atomic E-state index is 6.35. The fourth-order valence-corrected chi connectivity index (χ4v) is 2.25. The van der Waals surface area contributed by atoms with E-state index in [4.69, 9.17) is 10.5 Å². The normalized spacial score (nSPS) is 12.8. The van der Waals surface area contributed by atoms with Crippen molar-refractivity contribution >= 4 is 0 Å². The van der Waals surface area contributed by atoms with Gasteiger partial charge in [0.05, 0.1) is 30.9 Å². The molecule has 21 heavy (non-hydrogen) atoms. The van der Waals surface area contributed by atoms with Gasteiger partial charge in [-0.1, -0.05) is 30.3 Å². The van der Waals surface area contributed by atoms with Gasteiger partial charge < -0.3 is 19.9 Å². The van der Waals surface area contributed by atoms with Crippen molar-refractivity contribution in [1.29, 1.82) is 0 Å². The van der Waals surface area contributed by atoms with Crippen LogP contribution in [0.25, 0.3) is 0 Å². The van der Waals surface area contributed by atoms with E-state index < -0.39 is 0 Å². The highest BCUT2D eigenvalue weighted by Crippen LogP contribution is 2.18. The molecule has 5 nitrogen and oxygen atoms in total. The highest BCUT2D eigenvalue weighted by molar-refractivity contribution is 5.26. The first-order valence-electron chi connectivity index (χ1n) is 7.20. The molecule has 2 N–H and O–H groups in total. The molecule has 0 aliphatic carbocycles. The maximum absolute atomic E-state index is 6.35. The van der Waals surface area contributed by atoms with Crippen LogP contribution in [-0.4, -0.2) is 48.3 Å². The minimum absolute atomic E-state index is 0.141. The van der Waals surface area contributed by atoms with Crippen LogP contribution < -0.4 is 5.73 Å². The van der Waals surface area contributed by atoms with Gasteiger partial charge in [-0.25, -0.2) is 4.98 Å². The van der Waals surface area contributed by atoms with Crippen molar-refractivity contribution in [2.24, 2.45) is 5.73 Å². The van der Waals surface area contributed by atoms with Crippen molar-refractivity contribution in [3.8, 4) is 0 Å². The molecule has 1 aromatic carbocycles. The second-order valence-corrected chi connectivity index (χ2v) is 5.20. The number of imidazole rings is 1. The lowest BCUT2D eigenvalue weighted by molar-refractivity contribution is 0.159. The number of nitrogens with zero attached hydrogens (tertiary/aromatic N) is 3. The molecule has 0 spiro atoms. The van der Waals surface area contributed by atoms with E-state index in [1.54, 1.807) is 7.11 Å². The van der Waals surface area contributed by atoms with Gasteiger partial charge in [-0.15, -0.1) is 0 Å². The van der Waals surface area contributed by atoms with Crippen molar-refractivity contribution in [3.05, 3.63) is 54.1 Å². The first-order chi connectivity index (χ1) is 10.2. The molecule has 0 saturated heterocycles. The van der Waals surface area contributed by atoms with Crippen molar-refractivity contribution in [2.75, 3.05) is 33.9 Å². The van der Waals surface area contributed by atoms with Crippen LogP contribution in [0, 0.1) is 0 Å². The highest BCUT2D eigenvalue weighted by atomic mass is 16.5. The summed E-state index contributed by atoms with van der Waals surface area (Å²) in [6.45, 7) is 3.48. The molecule has 2 rings (SSSR count). The Morgan fingerprint density at radius 2 is 2.05 bits per heavy atom. The van der Waals surface area contributed by atoms with Crippen LogP contribution in [0.15, 0.2) is 42.9 Å². The molecule has 0 saturated carbocycles. The summed E-state index contributed by atoms with van der Waals surface area (Å²) in [7, 11) is 3.81. The lowest BCUT2D eigenvalue weighted by Gasteiger charge is -2.19. The molecule has 2 aromatic rings. The summed E-state index contributed by atoms with van der Waals surface area (Å²) < 4.78 is 7.21. The van der Waals surface area contributed by atoms with Crippen LogP contribution in [0.2, 0.25) is 0 Å². The van der Waals surface area contributed by atoms with Gasteiger partial charge in [-0.3, -0.25) is 0 Å². The molecule has 0 aliphatic heterocycles. The van der Waals surface area contributed by atoms with Crippen molar-refractivity contribution in [3.63, 3.8) is 0 Å². The van der Waals surface area contributed by atoms with Crippen LogP contribution in [0.4, 0.5) is 0 Å². The molecule has 0 amide bonds. The van der Waals surface area contributed by atoms with Gasteiger partial charge >= 0.3 is 0 Å². The Bertz CT molecular complexity index is 526. The second-order valence-electron chi connectivity index (χ2n) is 5.20. The molecule has 1 heterocycles. The van der Waals surface area contributed by atoms with Crippen LogP contribution in [0.5, 0.6) is 0 Å². The lowest BCUT2D eigenvalue weighted by atomic mass is 10.1. The van der Waals surface area contributed by atoms with Gasteiger partial charge in [-0.2, -0.15) is 0 Å². The molecule has 114 valence electrons. The van der Waals surface area contributed by atoms with E-state index in [0.717, 1.165) is 37.5 Å². The number of hydrogen-bond donors (Lipinski definition) is 1. The van der Waals surface area contributed by atoms with Gasteiger partial charge in [-0.05, 0) is 12.6 Å². The Balaban J connectivity index is 1.98. The minimum Gasteiger partial charge on any atom is -0.383 e. The molecule has 1 aromatic heterocycles. The van der Waals surface area contributed by atoms with Crippen LogP contribution in [-0.2, 0) is 11.3 Å². The number of rotatable bonds is 8. The van der Waals surface area contributed by atoms with Gasteiger partial charge in [0, 0.05) is 26.7 Å². The van der Waals surface area contributed by atoms with E-state index in [9.17, 15) is 0 Å². The van der Waals surface area contributed by atoms with E-state index in [0.29, 0.717) is 0 Å². The van der Waals surface area contributed by atoms with Crippen molar-refractivity contribution in [1.82, 2.24) is 14.5 Å². The van der Waals surface area contributed by atoms with Crippen molar-refractivity contribution < 1.29 is 4.74 Å². The standard InChI is InChI=1S/C16H24N4O/c1-19(10-11-21-2)8-9-20-13-18-12-15(20)16(17)14-6-4-3-5-7-14/h3-7,12-13,16H,8-11,17H2,1-2H3. The average molecular weight is 288 g/mol. The van der Waals surface area contributed by atoms with E-state index in [-0.39, 0.29) is 6.04 Å². The molecular weight excluding hydrogens is 264 g/mol. The van der Waals surface area contributed by atoms with E-state index >= 15 is 0 Å². The summed E-state index contributed by atoms with van der Waals surface area (Å²) in [6.07, 6.45) is 3.70. The molecule has 0 bridgehead atoms. The van der Waals surface area contributed by atoms with E-state index in [1.807, 2.05) is 42.9 Å². The summed E-state index contributed by atoms with van der Waals surface area (Å²) >= 11 is 0.